The highest BCUT2D eigenvalue weighted by atomic mass is 19.1. The van der Waals surface area contributed by atoms with Gasteiger partial charge in [-0.15, -0.1) is 0 Å². The fourth-order valence-electron chi connectivity index (χ4n) is 7.17. The van der Waals surface area contributed by atoms with Gasteiger partial charge < -0.3 is 29.7 Å². The molecule has 278 valence electrons. The third-order valence-electron chi connectivity index (χ3n) is 10.4. The SMILES string of the molecule is CC(CC(=O)COC1(CCc2ccc([C@@H]3[C@@H](CC[C@H](O)c4ccc(F)cc4)C(=O)N3c3ccc(F)cc3)cc2)COC1)(Cc1ccc(O)cc1)C(=O)O. The molecule has 6 rings (SSSR count). The Hall–Kier alpha value is -4.97. The Morgan fingerprint density at radius 3 is 2.11 bits per heavy atom. The zero-order valence-electron chi connectivity index (χ0n) is 29.4. The quantitative estimate of drug-likeness (QED) is 0.100. The van der Waals surface area contributed by atoms with Crippen LogP contribution in [0.4, 0.5) is 14.5 Å². The van der Waals surface area contributed by atoms with Gasteiger partial charge in [-0.05, 0) is 110 Å². The fraction of sp³-hybridized carbons (Fsp3) is 0.357. The highest BCUT2D eigenvalue weighted by Crippen LogP contribution is 2.46. The number of aliphatic hydroxyl groups excluding tert-OH is 1. The monoisotopic (exact) mass is 727 g/mol. The Morgan fingerprint density at radius 1 is 0.925 bits per heavy atom. The maximum absolute atomic E-state index is 13.7. The average molecular weight is 728 g/mol. The molecule has 9 nitrogen and oxygen atoms in total. The van der Waals surface area contributed by atoms with E-state index in [4.69, 9.17) is 9.47 Å². The molecule has 0 bridgehead atoms. The van der Waals surface area contributed by atoms with Crippen LogP contribution in [-0.4, -0.2) is 58.4 Å². The molecule has 2 aliphatic heterocycles. The zero-order valence-corrected chi connectivity index (χ0v) is 29.4. The van der Waals surface area contributed by atoms with Crippen molar-refractivity contribution in [3.8, 4) is 5.75 Å². The van der Waals surface area contributed by atoms with Crippen LogP contribution < -0.4 is 4.90 Å². The summed E-state index contributed by atoms with van der Waals surface area (Å²) in [5.74, 6) is -2.70. The minimum Gasteiger partial charge on any atom is -0.508 e. The van der Waals surface area contributed by atoms with Gasteiger partial charge in [0.15, 0.2) is 5.78 Å². The van der Waals surface area contributed by atoms with Gasteiger partial charge in [0, 0.05) is 12.1 Å². The predicted molar refractivity (Wildman–Crippen MR) is 192 cm³/mol. The average Bonchev–Trinajstić information content (AvgIpc) is 3.12. The van der Waals surface area contributed by atoms with E-state index in [9.17, 15) is 38.5 Å². The number of carboxylic acid groups (broad SMARTS) is 1. The number of Topliss-reactive ketones (excluding diaryl/α,β-unsaturated/α-hetero) is 1. The predicted octanol–water partition coefficient (Wildman–Crippen LogP) is 6.90. The molecule has 4 aromatic rings. The molecule has 11 heteroatoms. The van der Waals surface area contributed by atoms with Crippen LogP contribution in [0.15, 0.2) is 97.1 Å². The van der Waals surface area contributed by atoms with Crippen molar-refractivity contribution < 1.29 is 48.0 Å². The summed E-state index contributed by atoms with van der Waals surface area (Å²) < 4.78 is 38.7. The van der Waals surface area contributed by atoms with E-state index >= 15 is 0 Å². The van der Waals surface area contributed by atoms with Gasteiger partial charge in [-0.1, -0.05) is 48.5 Å². The van der Waals surface area contributed by atoms with Crippen molar-refractivity contribution in [3.63, 3.8) is 0 Å². The Kier molecular flexibility index (Phi) is 11.4. The molecule has 0 spiro atoms. The Bertz CT molecular complexity index is 1900. The van der Waals surface area contributed by atoms with E-state index in [2.05, 4.69) is 0 Å². The number of benzene rings is 4. The number of hydrogen-bond donors (Lipinski definition) is 3. The minimum atomic E-state index is -1.35. The lowest BCUT2D eigenvalue weighted by Gasteiger charge is -2.48. The van der Waals surface area contributed by atoms with Gasteiger partial charge in [0.25, 0.3) is 0 Å². The second kappa shape index (κ2) is 16.0. The summed E-state index contributed by atoms with van der Waals surface area (Å²) in [4.78, 5) is 40.3. The first-order chi connectivity index (χ1) is 25.3. The smallest absolute Gasteiger partial charge is 0.310 e. The number of rotatable bonds is 17. The van der Waals surface area contributed by atoms with E-state index in [0.717, 1.165) is 11.1 Å². The second-order valence-corrected chi connectivity index (χ2v) is 14.5. The summed E-state index contributed by atoms with van der Waals surface area (Å²) in [6.07, 6.45) is 0.914. The molecule has 1 amide bonds. The van der Waals surface area contributed by atoms with Crippen LogP contribution in [0.1, 0.15) is 67.0 Å². The van der Waals surface area contributed by atoms with E-state index in [0.29, 0.717) is 55.7 Å². The topological polar surface area (TPSA) is 134 Å². The van der Waals surface area contributed by atoms with E-state index in [1.165, 1.54) is 55.5 Å². The molecule has 0 radical (unpaired) electrons. The van der Waals surface area contributed by atoms with Crippen molar-refractivity contribution in [1.82, 2.24) is 0 Å². The first-order valence-electron chi connectivity index (χ1n) is 17.7. The number of ketones is 1. The summed E-state index contributed by atoms with van der Waals surface area (Å²) in [7, 11) is 0. The number of aliphatic hydroxyl groups is 1. The summed E-state index contributed by atoms with van der Waals surface area (Å²) in [5, 5.41) is 30.3. The summed E-state index contributed by atoms with van der Waals surface area (Å²) in [5.41, 5.74) is 1.70. The lowest BCUT2D eigenvalue weighted by molar-refractivity contribution is -0.212. The number of anilines is 1. The molecule has 0 saturated carbocycles. The number of ether oxygens (including phenoxy) is 2. The summed E-state index contributed by atoms with van der Waals surface area (Å²) in [6, 6.07) is 25.2. The zero-order chi connectivity index (χ0) is 37.8. The fourth-order valence-corrected chi connectivity index (χ4v) is 7.17. The molecule has 1 unspecified atom stereocenters. The summed E-state index contributed by atoms with van der Waals surface area (Å²) >= 11 is 0. The van der Waals surface area contributed by atoms with Crippen molar-refractivity contribution in [2.24, 2.45) is 11.3 Å². The van der Waals surface area contributed by atoms with Crippen LogP contribution in [0.5, 0.6) is 5.75 Å². The number of carbonyl (C=O) groups excluding carboxylic acids is 2. The van der Waals surface area contributed by atoms with E-state index in [-0.39, 0.29) is 42.9 Å². The Morgan fingerprint density at radius 2 is 1.53 bits per heavy atom. The van der Waals surface area contributed by atoms with E-state index < -0.39 is 40.6 Å². The number of nitrogens with zero attached hydrogens (tertiary/aromatic N) is 1. The van der Waals surface area contributed by atoms with Crippen molar-refractivity contribution in [3.05, 3.63) is 131 Å². The number of amides is 1. The number of carbonyl (C=O) groups is 3. The number of hydrogen-bond acceptors (Lipinski definition) is 7. The maximum atomic E-state index is 13.7. The lowest BCUT2D eigenvalue weighted by Crippen LogP contribution is -2.55. The van der Waals surface area contributed by atoms with Crippen LogP contribution in [0.3, 0.4) is 0 Å². The van der Waals surface area contributed by atoms with Crippen LogP contribution in [-0.2, 0) is 36.7 Å². The number of phenols is 1. The van der Waals surface area contributed by atoms with Gasteiger partial charge in [0.05, 0.1) is 36.7 Å². The summed E-state index contributed by atoms with van der Waals surface area (Å²) in [6.45, 7) is 1.91. The van der Waals surface area contributed by atoms with Crippen LogP contribution in [0.25, 0.3) is 0 Å². The van der Waals surface area contributed by atoms with Gasteiger partial charge in [0.1, 0.15) is 29.6 Å². The Balaban J connectivity index is 1.07. The highest BCUT2D eigenvalue weighted by Gasteiger charge is 2.48. The standard InChI is InChI=1S/C42H43F2NO8/c1-41(40(50)51,22-28-4-16-34(46)17-5-28)23-35(47)24-53-42(25-52-26-42)21-20-27-2-6-30(7-3-27)38-36(18-19-37(48)29-8-10-31(43)11-9-29)39(49)45(38)33-14-12-32(44)13-15-33/h2-17,36-38,46,48H,18-26H2,1H3,(H,50,51)/t36-,37+,38-,41?/m1/s1. The molecule has 2 fully saturated rings. The first kappa shape index (κ1) is 37.8. The number of phenolic OH excluding ortho intramolecular Hbond substituents is 1. The van der Waals surface area contributed by atoms with Gasteiger partial charge in [-0.3, -0.25) is 14.4 Å². The van der Waals surface area contributed by atoms with E-state index in [1.54, 1.807) is 29.2 Å². The number of β-lactam (4-membered cyclic amide) rings is 1. The molecule has 3 N–H and O–H groups in total. The number of halogens is 2. The number of carboxylic acids is 1. The van der Waals surface area contributed by atoms with Gasteiger partial charge in [0.2, 0.25) is 5.91 Å². The van der Waals surface area contributed by atoms with Gasteiger partial charge >= 0.3 is 5.97 Å². The first-order valence-corrected chi connectivity index (χ1v) is 17.7. The molecule has 0 aliphatic carbocycles. The van der Waals surface area contributed by atoms with E-state index in [1.807, 2.05) is 24.3 Å². The molecule has 0 aromatic heterocycles. The van der Waals surface area contributed by atoms with Crippen molar-refractivity contribution in [2.75, 3.05) is 24.7 Å². The van der Waals surface area contributed by atoms with Crippen LogP contribution >= 0.6 is 0 Å². The lowest BCUT2D eigenvalue weighted by atomic mass is 9.78. The molecule has 2 heterocycles. The van der Waals surface area contributed by atoms with Gasteiger partial charge in [-0.25, -0.2) is 8.78 Å². The molecular formula is C42H43F2NO8. The molecule has 2 aliphatic rings. The van der Waals surface area contributed by atoms with Crippen molar-refractivity contribution in [2.45, 2.75) is 63.2 Å². The molecule has 2 saturated heterocycles. The number of aliphatic carboxylic acids is 1. The number of aryl methyl sites for hydroxylation is 1. The maximum Gasteiger partial charge on any atom is 0.310 e. The third-order valence-corrected chi connectivity index (χ3v) is 10.4. The molecule has 4 atom stereocenters. The molecule has 4 aromatic carbocycles. The molecule has 53 heavy (non-hydrogen) atoms. The third kappa shape index (κ3) is 8.81. The Labute approximate surface area is 306 Å². The highest BCUT2D eigenvalue weighted by molar-refractivity contribution is 6.03. The van der Waals surface area contributed by atoms with Crippen LogP contribution in [0.2, 0.25) is 0 Å². The minimum absolute atomic E-state index is 0.0732. The largest absolute Gasteiger partial charge is 0.508 e. The normalized spacial score (nSPS) is 19.5. The van der Waals surface area contributed by atoms with Crippen molar-refractivity contribution in [1.29, 1.82) is 0 Å². The van der Waals surface area contributed by atoms with Gasteiger partial charge in [-0.2, -0.15) is 0 Å². The second-order valence-electron chi connectivity index (χ2n) is 14.5. The number of aromatic hydroxyl groups is 1. The molecular weight excluding hydrogens is 684 g/mol. The van der Waals surface area contributed by atoms with Crippen LogP contribution in [0, 0.1) is 23.0 Å². The van der Waals surface area contributed by atoms with Crippen molar-refractivity contribution >= 4 is 23.3 Å².